The molecule has 1 rings (SSSR count). The molecule has 0 aliphatic carbocycles. The first-order chi connectivity index (χ1) is 6.94. The van der Waals surface area contributed by atoms with Gasteiger partial charge in [-0.3, -0.25) is 10.1 Å². The highest BCUT2D eigenvalue weighted by Gasteiger charge is 2.23. The number of alkyl halides is 1. The molecule has 0 atom stereocenters. The maximum atomic E-state index is 10.5. The van der Waals surface area contributed by atoms with Crippen molar-refractivity contribution < 1.29 is 9.35 Å². The average Bonchev–Trinajstić information content (AvgIpc) is 2.17. The van der Waals surface area contributed by atoms with Crippen molar-refractivity contribution in [1.29, 1.82) is 0 Å². The van der Waals surface area contributed by atoms with Crippen LogP contribution in [0.4, 0.5) is 5.69 Å². The van der Waals surface area contributed by atoms with Gasteiger partial charge >= 0.3 is 0 Å². The molecule has 0 spiro atoms. The van der Waals surface area contributed by atoms with Crippen LogP contribution in [0.5, 0.6) is 5.75 Å². The minimum Gasteiger partial charge on any atom is -0.543 e. The summed E-state index contributed by atoms with van der Waals surface area (Å²) in [5.41, 5.74) is 0.488. The number of nitrogens with zero attached hydrogens (tertiary/aromatic N) is 1. The number of halogens is 1. The van der Waals surface area contributed by atoms with Crippen molar-refractivity contribution in [2.75, 3.05) is 5.50 Å². The Hall–Kier alpha value is -1.07. The van der Waals surface area contributed by atoms with E-state index in [1.54, 1.807) is 12.1 Å². The molecule has 6 heteroatoms. The van der Waals surface area contributed by atoms with Gasteiger partial charge in [-0.1, -0.05) is 6.07 Å². The van der Waals surface area contributed by atoms with Crippen LogP contribution >= 0.6 is 11.6 Å². The van der Waals surface area contributed by atoms with Crippen LogP contribution in [-0.4, -0.2) is 18.7 Å². The zero-order chi connectivity index (χ0) is 11.5. The summed E-state index contributed by atoms with van der Waals surface area (Å²) in [6.45, 7) is 3.91. The molecule has 0 aliphatic rings. The molecule has 0 saturated carbocycles. The maximum absolute atomic E-state index is 10.5. The third-order valence-corrected chi connectivity index (χ3v) is 5.11. The summed E-state index contributed by atoms with van der Waals surface area (Å²) < 4.78 is 5.64. The lowest BCUT2D eigenvalue weighted by molar-refractivity contribution is -0.384. The van der Waals surface area contributed by atoms with Gasteiger partial charge in [0.2, 0.25) is 0 Å². The van der Waals surface area contributed by atoms with Gasteiger partial charge in [-0.2, -0.15) is 0 Å². The van der Waals surface area contributed by atoms with E-state index in [9.17, 15) is 10.1 Å². The Morgan fingerprint density at radius 1 is 1.53 bits per heavy atom. The Morgan fingerprint density at radius 3 is 2.73 bits per heavy atom. The molecule has 0 bridgehead atoms. The topological polar surface area (TPSA) is 52.4 Å². The summed E-state index contributed by atoms with van der Waals surface area (Å²) in [5.74, 6) is 0.515. The van der Waals surface area contributed by atoms with Gasteiger partial charge in [0.05, 0.1) is 16.5 Å². The number of hydrogen-bond acceptors (Lipinski definition) is 3. The molecule has 0 N–H and O–H groups in total. The van der Waals surface area contributed by atoms with E-state index in [1.807, 2.05) is 13.1 Å². The molecule has 1 aromatic rings. The predicted molar refractivity (Wildman–Crippen MR) is 61.9 cm³/mol. The highest BCUT2D eigenvalue weighted by molar-refractivity contribution is 6.78. The van der Waals surface area contributed by atoms with Crippen molar-refractivity contribution in [2.45, 2.75) is 13.1 Å². The molecule has 15 heavy (non-hydrogen) atoms. The van der Waals surface area contributed by atoms with Crippen LogP contribution in [0.2, 0.25) is 13.1 Å². The second kappa shape index (κ2) is 4.63. The zero-order valence-electron chi connectivity index (χ0n) is 8.57. The fourth-order valence-corrected chi connectivity index (χ4v) is 1.99. The van der Waals surface area contributed by atoms with Crippen LogP contribution in [0, 0.1) is 10.1 Å². The second-order valence-corrected chi connectivity index (χ2v) is 8.54. The number of benzene rings is 1. The molecule has 82 valence electrons. The first-order valence-corrected chi connectivity index (χ1v) is 8.09. The van der Waals surface area contributed by atoms with Gasteiger partial charge in [-0.25, -0.2) is 0 Å². The normalized spacial score (nSPS) is 11.1. The summed E-state index contributed by atoms with van der Waals surface area (Å²) in [6, 6.07) is 6.16. The van der Waals surface area contributed by atoms with Gasteiger partial charge in [-0.15, -0.1) is 11.6 Å². The van der Waals surface area contributed by atoms with Crippen LogP contribution in [0.15, 0.2) is 24.3 Å². The van der Waals surface area contributed by atoms with E-state index in [1.165, 1.54) is 12.1 Å². The Labute approximate surface area is 94.1 Å². The highest BCUT2D eigenvalue weighted by atomic mass is 35.5. The lowest BCUT2D eigenvalue weighted by Gasteiger charge is -2.20. The van der Waals surface area contributed by atoms with Crippen molar-refractivity contribution in [1.82, 2.24) is 0 Å². The van der Waals surface area contributed by atoms with Gasteiger partial charge in [-0.05, 0) is 19.2 Å². The SMILES string of the molecule is C[Si](C)(CCl)Oc1cccc([N+](=O)[O-])c1. The zero-order valence-corrected chi connectivity index (χ0v) is 10.3. The number of non-ortho nitro benzene ring substituents is 1. The second-order valence-electron chi connectivity index (χ2n) is 3.75. The van der Waals surface area contributed by atoms with Crippen molar-refractivity contribution in [3.63, 3.8) is 0 Å². The molecule has 0 aliphatic heterocycles. The van der Waals surface area contributed by atoms with Crippen LogP contribution in [-0.2, 0) is 0 Å². The van der Waals surface area contributed by atoms with E-state index in [0.717, 1.165) is 0 Å². The van der Waals surface area contributed by atoms with E-state index in [4.69, 9.17) is 16.0 Å². The van der Waals surface area contributed by atoms with Gasteiger partial charge < -0.3 is 4.43 Å². The number of nitro benzene ring substituents is 1. The molecule has 0 amide bonds. The van der Waals surface area contributed by atoms with E-state index in [-0.39, 0.29) is 5.69 Å². The molecule has 0 heterocycles. The standard InChI is InChI=1S/C9H12ClNO3Si/c1-15(2,7-10)14-9-5-3-4-8(6-9)11(12)13/h3-6H,7H2,1-2H3. The van der Waals surface area contributed by atoms with Gasteiger partial charge in [0.25, 0.3) is 14.0 Å². The Kier molecular flexibility index (Phi) is 3.70. The van der Waals surface area contributed by atoms with E-state index in [0.29, 0.717) is 11.3 Å². The summed E-state index contributed by atoms with van der Waals surface area (Å²) >= 11 is 5.75. The Balaban J connectivity index is 2.87. The number of nitro groups is 1. The largest absolute Gasteiger partial charge is 0.543 e. The lowest BCUT2D eigenvalue weighted by Crippen LogP contribution is -2.36. The molecule has 4 nitrogen and oxygen atoms in total. The van der Waals surface area contributed by atoms with Crippen molar-refractivity contribution in [3.05, 3.63) is 34.4 Å². The molecule has 1 aromatic carbocycles. The number of hydrogen-bond donors (Lipinski definition) is 0. The first-order valence-electron chi connectivity index (χ1n) is 4.44. The van der Waals surface area contributed by atoms with Crippen molar-refractivity contribution in [2.24, 2.45) is 0 Å². The lowest BCUT2D eigenvalue weighted by atomic mass is 10.3. The van der Waals surface area contributed by atoms with Gasteiger partial charge in [0.15, 0.2) is 0 Å². The smallest absolute Gasteiger partial charge is 0.273 e. The quantitative estimate of drug-likeness (QED) is 0.355. The Bertz CT molecular complexity index is 370. The monoisotopic (exact) mass is 245 g/mol. The minimum absolute atomic E-state index is 0.0341. The maximum Gasteiger partial charge on any atom is 0.273 e. The van der Waals surface area contributed by atoms with Crippen LogP contribution < -0.4 is 4.43 Å². The molecule has 0 unspecified atom stereocenters. The first kappa shape index (κ1) is 12.0. The highest BCUT2D eigenvalue weighted by Crippen LogP contribution is 2.22. The van der Waals surface area contributed by atoms with E-state index in [2.05, 4.69) is 0 Å². The molecular weight excluding hydrogens is 234 g/mol. The van der Waals surface area contributed by atoms with E-state index >= 15 is 0 Å². The molecule has 0 aromatic heterocycles. The van der Waals surface area contributed by atoms with Crippen molar-refractivity contribution >= 4 is 25.6 Å². The fourth-order valence-electron chi connectivity index (χ4n) is 1.01. The Morgan fingerprint density at radius 2 is 2.20 bits per heavy atom. The molecule has 0 saturated heterocycles. The van der Waals surface area contributed by atoms with Gasteiger partial charge in [0.1, 0.15) is 5.75 Å². The minimum atomic E-state index is -1.93. The van der Waals surface area contributed by atoms with Gasteiger partial charge in [0, 0.05) is 6.07 Å². The fraction of sp³-hybridized carbons (Fsp3) is 0.333. The van der Waals surface area contributed by atoms with Crippen LogP contribution in [0.3, 0.4) is 0 Å². The summed E-state index contributed by atoms with van der Waals surface area (Å²) in [6.07, 6.45) is 0. The molecule has 0 radical (unpaired) electrons. The summed E-state index contributed by atoms with van der Waals surface area (Å²) in [5, 5.41) is 10.5. The number of rotatable bonds is 4. The van der Waals surface area contributed by atoms with E-state index < -0.39 is 13.2 Å². The summed E-state index contributed by atoms with van der Waals surface area (Å²) in [4.78, 5) is 10.1. The van der Waals surface area contributed by atoms with Crippen molar-refractivity contribution in [3.8, 4) is 5.75 Å². The molecule has 0 fully saturated rings. The third-order valence-electron chi connectivity index (χ3n) is 1.74. The van der Waals surface area contributed by atoms with Crippen LogP contribution in [0.1, 0.15) is 0 Å². The van der Waals surface area contributed by atoms with Crippen LogP contribution in [0.25, 0.3) is 0 Å². The average molecular weight is 246 g/mol. The predicted octanol–water partition coefficient (Wildman–Crippen LogP) is 2.96. The third kappa shape index (κ3) is 3.52. The summed E-state index contributed by atoms with van der Waals surface area (Å²) in [7, 11) is -1.93. The molecular formula is C9H12ClNO3Si.